The predicted molar refractivity (Wildman–Crippen MR) is 374 cm³/mol. The molecule has 29 nitrogen and oxygen atoms in total. The number of carbonyl (C=O) groups is 7. The highest BCUT2D eigenvalue weighted by Gasteiger charge is 2.58. The third kappa shape index (κ3) is 20.6. The molecule has 3 aromatic carbocycles. The first kappa shape index (κ1) is 86.3. The number of esters is 2. The fourth-order valence-electron chi connectivity index (χ4n) is 14.0. The van der Waals surface area contributed by atoms with E-state index < -0.39 is 194 Å². The number of amides is 5. The Morgan fingerprint density at radius 2 is 1.32 bits per heavy atom. The van der Waals surface area contributed by atoms with Gasteiger partial charge in [0.15, 0.2) is 0 Å². The molecule has 5 amide bonds. The molecule has 112 heavy (non-hydrogen) atoms. The van der Waals surface area contributed by atoms with Crippen LogP contribution in [-0.4, -0.2) is 219 Å². The number of nitrogens with one attached hydrogen (secondary N) is 4. The van der Waals surface area contributed by atoms with Crippen LogP contribution in [0.2, 0.25) is 0 Å². The largest absolute Gasteiger partial charge is 0.524 e. The first-order valence-electron chi connectivity index (χ1n) is 35.0. The van der Waals surface area contributed by atoms with Crippen molar-refractivity contribution in [1.29, 1.82) is 0 Å². The summed E-state index contributed by atoms with van der Waals surface area (Å²) < 4.78 is 197. The summed E-state index contributed by atoms with van der Waals surface area (Å²) in [5.74, 6) is -4.21. The number of hydrazine groups is 1. The molecule has 2 unspecified atom stereocenters. The number of piperazine rings is 1. The number of aliphatic hydroxyl groups is 1. The highest BCUT2D eigenvalue weighted by molar-refractivity contribution is 7.46. The molecule has 4 saturated heterocycles. The average Bonchev–Trinajstić information content (AvgIpc) is 1.78. The lowest BCUT2D eigenvalue weighted by atomic mass is 9.77. The summed E-state index contributed by atoms with van der Waals surface area (Å²) in [6.45, 7) is 2.32. The quantitative estimate of drug-likeness (QED) is 0.00640. The molecule has 610 valence electrons. The van der Waals surface area contributed by atoms with Crippen LogP contribution in [0.25, 0.3) is 11.3 Å². The van der Waals surface area contributed by atoms with Gasteiger partial charge in [0.05, 0.1) is 94.2 Å². The van der Waals surface area contributed by atoms with E-state index in [9.17, 15) is 52.2 Å². The molecule has 5 aromatic rings. The molecule has 0 saturated carbocycles. The lowest BCUT2D eigenvalue weighted by Gasteiger charge is -2.47. The Bertz CT molecular complexity index is 4360. The molecular weight excluding hydrogens is 1530 g/mol. The second-order valence-electron chi connectivity index (χ2n) is 29.4. The number of aliphatic hydroxyl groups excluding tert-OH is 1. The fourth-order valence-corrected chi connectivity index (χ4v) is 14.4. The van der Waals surface area contributed by atoms with Crippen molar-refractivity contribution >= 4 is 55.6 Å². The van der Waals surface area contributed by atoms with E-state index in [0.717, 1.165) is 57.4 Å². The smallest absolute Gasteiger partial charge is 0.467 e. The first-order valence-corrected chi connectivity index (χ1v) is 36.5. The maximum absolute atomic E-state index is 16.9. The average molecular weight is 1610 g/mol. The molecule has 40 heteroatoms. The number of phosphoric acid groups is 1. The van der Waals surface area contributed by atoms with Gasteiger partial charge in [0.1, 0.15) is 41.6 Å². The SMILES string of the molecule is COC(=O)N[C@H](C(=O)N[C@@H](Cc1ccc(C#Cc2cnc(N3CC4CCC(C3)N4C3COC3)nc2)cc1)[C@H](CN(Cc1c(F)cc(-c2ccn(C(F)F)n2)cc1F)NC(=O)[C@@H](NC(=O)OC)C(C)(C)C(F)(F)F)OC(=O)CC(C)(C)c1c(CC(=O)N2C[C@H](O)C[C@H]2C(=O)OC)cc(C)cc1OP(=O)(O)O)C(C)(C)C(F)(F)F. The summed E-state index contributed by atoms with van der Waals surface area (Å²) in [6.07, 6.45) is -14.5. The maximum Gasteiger partial charge on any atom is 0.524 e. The molecule has 8 atom stereocenters. The van der Waals surface area contributed by atoms with Gasteiger partial charge in [0.2, 0.25) is 17.8 Å². The Kier molecular flexibility index (Phi) is 26.7. The van der Waals surface area contributed by atoms with E-state index in [1.807, 2.05) is 5.32 Å². The van der Waals surface area contributed by atoms with E-state index in [1.54, 1.807) is 5.32 Å². The van der Waals surface area contributed by atoms with Crippen LogP contribution in [0.4, 0.5) is 59.4 Å². The highest BCUT2D eigenvalue weighted by Crippen LogP contribution is 2.47. The van der Waals surface area contributed by atoms with Gasteiger partial charge in [-0.1, -0.05) is 43.9 Å². The van der Waals surface area contributed by atoms with E-state index in [-0.39, 0.29) is 33.4 Å². The van der Waals surface area contributed by atoms with Gasteiger partial charge >= 0.3 is 50.8 Å². The molecule has 0 spiro atoms. The summed E-state index contributed by atoms with van der Waals surface area (Å²) in [4.78, 5) is 134. The molecule has 0 aliphatic carbocycles. The maximum atomic E-state index is 16.9. The van der Waals surface area contributed by atoms with E-state index in [4.69, 9.17) is 18.7 Å². The normalized spacial score (nSPS) is 18.8. The van der Waals surface area contributed by atoms with Crippen LogP contribution in [0.5, 0.6) is 5.75 Å². The highest BCUT2D eigenvalue weighted by atomic mass is 31.2. The zero-order valence-corrected chi connectivity index (χ0v) is 63.2. The van der Waals surface area contributed by atoms with E-state index >= 15 is 44.7 Å². The molecular formula is C72H85F10N12O17P. The van der Waals surface area contributed by atoms with Gasteiger partial charge in [0, 0.05) is 90.9 Å². The number of nitrogens with zero attached hydrogens (tertiary/aromatic N) is 8. The number of alkyl carbamates (subject to hydrolysis) is 2. The van der Waals surface area contributed by atoms with Crippen LogP contribution in [0.15, 0.2) is 73.2 Å². The van der Waals surface area contributed by atoms with Crippen molar-refractivity contribution in [3.05, 3.63) is 124 Å². The van der Waals surface area contributed by atoms with Crippen molar-refractivity contribution in [2.45, 2.75) is 172 Å². The number of hydrogen-bond donors (Lipinski definition) is 7. The number of phosphoric ester groups is 1. The minimum absolute atomic E-state index is 0.0799. The Hall–Kier alpha value is -9.71. The molecule has 4 aliphatic heterocycles. The zero-order chi connectivity index (χ0) is 82.5. The molecule has 7 N–H and O–H groups in total. The molecule has 2 aromatic heterocycles. The first-order chi connectivity index (χ1) is 52.3. The number of alkyl halides is 8. The van der Waals surface area contributed by atoms with E-state index in [0.29, 0.717) is 106 Å². The second-order valence-corrected chi connectivity index (χ2v) is 30.6. The standard InChI is InChI=1S/C72H85F10N12O17P/c1-38-21-43(26-56(96)92-33-47(95)27-53(92)63(100)106-8)58(54(22-38)111-112(103,104)105)68(2,3)28-57(97)110-55(35-91(89-62(99)60(87-67(102)108-10)70(6,7)72(80,81)82)34-48-49(73)24-42(25-50(48)74)51-19-20-93(88-51)64(75)76)52(85-61(98)59(86-66(101)107-9)69(4,5)71(77,78)79)23-40-14-11-39(12-15-40)13-16-41-29-83-65(84-30-41)90-31-44-17-18-45(32-90)94(44)46-36-109-37-46/h11-12,14-15,19-22,24-25,29-30,44-47,52-53,55,59-60,64,95H,17-18,23,26-28,31-37H2,1-10H3,(H,85,98)(H,86,101)(H,87,102)(H,89,99)(H2,103,104,105)/t44?,45?,47-,52+,53+,55+,59-,60-/m1/s1. The van der Waals surface area contributed by atoms with Crippen LogP contribution >= 0.6 is 7.82 Å². The van der Waals surface area contributed by atoms with Crippen LogP contribution in [0.3, 0.4) is 0 Å². The summed E-state index contributed by atoms with van der Waals surface area (Å²) in [5.41, 5.74) is -7.94. The van der Waals surface area contributed by atoms with Crippen molar-refractivity contribution < 1.29 is 125 Å². The van der Waals surface area contributed by atoms with Gasteiger partial charge in [-0.05, 0) is 107 Å². The van der Waals surface area contributed by atoms with Crippen molar-refractivity contribution in [3.8, 4) is 28.8 Å². The Morgan fingerprint density at radius 3 is 1.84 bits per heavy atom. The molecule has 2 bridgehead atoms. The number of benzene rings is 3. The summed E-state index contributed by atoms with van der Waals surface area (Å²) in [6, 6.07) is 2.32. The Morgan fingerprint density at radius 1 is 0.750 bits per heavy atom. The number of fused-ring (bicyclic) bond motifs is 2. The minimum Gasteiger partial charge on any atom is -0.467 e. The molecule has 9 rings (SSSR count). The minimum atomic E-state index is -5.61. The number of carbonyl (C=O) groups excluding carboxylic acids is 7. The number of methoxy groups -OCH3 is 3. The van der Waals surface area contributed by atoms with Crippen molar-refractivity contribution in [1.82, 2.24) is 55.9 Å². The van der Waals surface area contributed by atoms with Gasteiger partial charge < -0.3 is 59.1 Å². The second kappa shape index (κ2) is 34.7. The van der Waals surface area contributed by atoms with Crippen LogP contribution in [0.1, 0.15) is 113 Å². The summed E-state index contributed by atoms with van der Waals surface area (Å²) >= 11 is 0. The third-order valence-corrected chi connectivity index (χ3v) is 20.6. The van der Waals surface area contributed by atoms with Gasteiger partial charge in [-0.15, -0.1) is 0 Å². The lowest BCUT2D eigenvalue weighted by molar-refractivity contribution is -0.221. The Labute approximate surface area is 635 Å². The van der Waals surface area contributed by atoms with Gasteiger partial charge in [-0.3, -0.25) is 39.3 Å². The van der Waals surface area contributed by atoms with Crippen LogP contribution < -0.4 is 30.8 Å². The third-order valence-electron chi connectivity index (χ3n) is 20.1. The van der Waals surface area contributed by atoms with Crippen LogP contribution in [0, 0.1) is 41.2 Å². The van der Waals surface area contributed by atoms with Gasteiger partial charge in [-0.25, -0.2) is 47.4 Å². The van der Waals surface area contributed by atoms with E-state index in [1.165, 1.54) is 63.5 Å². The fraction of sp³-hybridized carbons (Fsp3) is 0.528. The number of aromatic nitrogens is 4. The number of β-amino-alcohol motifs (C(OH)–C–C–N with tert-alkyl or cyclic N) is 1. The van der Waals surface area contributed by atoms with Crippen molar-refractivity contribution in [3.63, 3.8) is 0 Å². The summed E-state index contributed by atoms with van der Waals surface area (Å²) in [7, 11) is -3.10. The number of anilines is 1. The topological polar surface area (TPSA) is 357 Å². The molecule has 6 heterocycles. The number of rotatable bonds is 28. The number of hydrogen-bond acceptors (Lipinski definition) is 21. The summed E-state index contributed by atoms with van der Waals surface area (Å²) in [5, 5.41) is 20.7. The predicted octanol–water partition coefficient (Wildman–Crippen LogP) is 7.39. The Balaban J connectivity index is 1.17. The van der Waals surface area contributed by atoms with E-state index in [2.05, 4.69) is 56.9 Å². The number of likely N-dealkylation sites (tertiary alicyclic amines) is 1. The van der Waals surface area contributed by atoms with Crippen molar-refractivity contribution in [2.75, 3.05) is 65.6 Å². The van der Waals surface area contributed by atoms with Gasteiger partial charge in [0.25, 0.3) is 5.91 Å². The zero-order valence-electron chi connectivity index (χ0n) is 62.3. The number of aryl methyl sites for hydroxylation is 1. The van der Waals surface area contributed by atoms with Crippen molar-refractivity contribution in [2.24, 2.45) is 10.8 Å². The molecule has 0 radical (unpaired) electrons. The lowest BCUT2D eigenvalue weighted by Crippen LogP contribution is -2.64. The monoisotopic (exact) mass is 1610 g/mol. The number of ether oxygens (including phenoxy) is 5. The number of halogens is 10. The molecule has 4 aliphatic rings. The van der Waals surface area contributed by atoms with Crippen LogP contribution in [-0.2, 0) is 77.0 Å². The molecule has 4 fully saturated rings. The van der Waals surface area contributed by atoms with Gasteiger partial charge in [-0.2, -0.15) is 40.2 Å².